The molecule has 4 nitrogen and oxygen atoms in total. The number of rotatable bonds is 8. The zero-order valence-electron chi connectivity index (χ0n) is 13.7. The topological polar surface area (TPSA) is 39.7 Å². The van der Waals surface area contributed by atoms with Crippen LogP contribution >= 0.6 is 0 Å². The van der Waals surface area contributed by atoms with E-state index in [1.165, 1.54) is 0 Å². The highest BCUT2D eigenvalue weighted by molar-refractivity contribution is 5.79. The predicted octanol–water partition coefficient (Wildman–Crippen LogP) is 2.61. The average molecular weight is 310 g/mol. The Morgan fingerprint density at radius 2 is 1.57 bits per heavy atom. The Morgan fingerprint density at radius 3 is 2.00 bits per heavy atom. The highest BCUT2D eigenvalue weighted by atomic mass is 19.4. The van der Waals surface area contributed by atoms with Gasteiger partial charge in [0.25, 0.3) is 0 Å². The molecule has 0 atom stereocenters. The first-order chi connectivity index (χ1) is 9.67. The van der Waals surface area contributed by atoms with Gasteiger partial charge in [-0.05, 0) is 34.1 Å². The van der Waals surface area contributed by atoms with Crippen LogP contribution in [-0.4, -0.2) is 55.8 Å². The summed E-state index contributed by atoms with van der Waals surface area (Å²) in [5.41, 5.74) is 0. The third kappa shape index (κ3) is 10.4. The van der Waals surface area contributed by atoms with E-state index in [1.807, 2.05) is 0 Å². The first-order valence-corrected chi connectivity index (χ1v) is 7.44. The van der Waals surface area contributed by atoms with Crippen LogP contribution in [0.4, 0.5) is 13.2 Å². The lowest BCUT2D eigenvalue weighted by Gasteiger charge is -2.30. The predicted molar refractivity (Wildman–Crippen MR) is 81.6 cm³/mol. The third-order valence-corrected chi connectivity index (χ3v) is 3.14. The van der Waals surface area contributed by atoms with E-state index in [-0.39, 0.29) is 6.54 Å². The van der Waals surface area contributed by atoms with Crippen molar-refractivity contribution in [1.29, 1.82) is 0 Å². The lowest BCUT2D eigenvalue weighted by Crippen LogP contribution is -2.42. The second-order valence-electron chi connectivity index (χ2n) is 5.57. The van der Waals surface area contributed by atoms with Crippen LogP contribution in [0.1, 0.15) is 40.5 Å². The molecule has 0 heterocycles. The SMILES string of the molecule is CN=C(NCCCN(C(C)C)C(C)C)NCCC(F)(F)F. The fourth-order valence-corrected chi connectivity index (χ4v) is 2.12. The van der Waals surface area contributed by atoms with E-state index in [9.17, 15) is 13.2 Å². The smallest absolute Gasteiger partial charge is 0.356 e. The van der Waals surface area contributed by atoms with Gasteiger partial charge in [0.2, 0.25) is 0 Å². The van der Waals surface area contributed by atoms with Crippen molar-refractivity contribution in [3.63, 3.8) is 0 Å². The Bertz CT molecular complexity index is 293. The fourth-order valence-electron chi connectivity index (χ4n) is 2.12. The van der Waals surface area contributed by atoms with Crippen LogP contribution in [0.15, 0.2) is 4.99 Å². The minimum absolute atomic E-state index is 0.159. The fraction of sp³-hybridized carbons (Fsp3) is 0.929. The average Bonchev–Trinajstić information content (AvgIpc) is 2.33. The van der Waals surface area contributed by atoms with Gasteiger partial charge in [0.15, 0.2) is 5.96 Å². The number of aliphatic imine (C=N–C) groups is 1. The van der Waals surface area contributed by atoms with Gasteiger partial charge in [-0.1, -0.05) is 0 Å². The van der Waals surface area contributed by atoms with E-state index in [1.54, 1.807) is 7.05 Å². The third-order valence-electron chi connectivity index (χ3n) is 3.14. The Kier molecular flexibility index (Phi) is 9.41. The van der Waals surface area contributed by atoms with E-state index in [4.69, 9.17) is 0 Å². The van der Waals surface area contributed by atoms with E-state index in [2.05, 4.69) is 48.2 Å². The largest absolute Gasteiger partial charge is 0.390 e. The van der Waals surface area contributed by atoms with Crippen molar-refractivity contribution >= 4 is 5.96 Å². The van der Waals surface area contributed by atoms with Gasteiger partial charge in [-0.15, -0.1) is 0 Å². The molecule has 0 radical (unpaired) electrons. The Balaban J connectivity index is 3.92. The molecule has 0 bridgehead atoms. The second-order valence-corrected chi connectivity index (χ2v) is 5.57. The van der Waals surface area contributed by atoms with Crippen LogP contribution in [0.5, 0.6) is 0 Å². The van der Waals surface area contributed by atoms with Crippen molar-refractivity contribution < 1.29 is 13.2 Å². The van der Waals surface area contributed by atoms with Crippen LogP contribution in [0, 0.1) is 0 Å². The van der Waals surface area contributed by atoms with Crippen molar-refractivity contribution in [3.8, 4) is 0 Å². The molecule has 0 saturated carbocycles. The Hall–Kier alpha value is -0.980. The molecule has 0 aliphatic heterocycles. The van der Waals surface area contributed by atoms with Gasteiger partial charge in [0, 0.05) is 38.8 Å². The quantitative estimate of drug-likeness (QED) is 0.411. The van der Waals surface area contributed by atoms with E-state index in [0.29, 0.717) is 24.6 Å². The van der Waals surface area contributed by atoms with Crippen molar-refractivity contribution in [1.82, 2.24) is 15.5 Å². The molecule has 0 aliphatic rings. The molecule has 0 aromatic rings. The van der Waals surface area contributed by atoms with Crippen molar-refractivity contribution in [2.24, 2.45) is 4.99 Å². The van der Waals surface area contributed by atoms with Gasteiger partial charge in [0.1, 0.15) is 0 Å². The van der Waals surface area contributed by atoms with Gasteiger partial charge in [0.05, 0.1) is 6.42 Å². The molecule has 21 heavy (non-hydrogen) atoms. The number of halogens is 3. The molecular formula is C14H29F3N4. The first kappa shape index (κ1) is 20.0. The van der Waals surface area contributed by atoms with Gasteiger partial charge < -0.3 is 10.6 Å². The first-order valence-electron chi connectivity index (χ1n) is 7.44. The van der Waals surface area contributed by atoms with Crippen molar-refractivity contribution in [3.05, 3.63) is 0 Å². The van der Waals surface area contributed by atoms with Crippen LogP contribution in [0.25, 0.3) is 0 Å². The maximum atomic E-state index is 12.1. The van der Waals surface area contributed by atoms with Crippen LogP contribution < -0.4 is 10.6 Å². The number of alkyl halides is 3. The van der Waals surface area contributed by atoms with Crippen molar-refractivity contribution in [2.75, 3.05) is 26.7 Å². The maximum absolute atomic E-state index is 12.1. The molecule has 0 amide bonds. The summed E-state index contributed by atoms with van der Waals surface area (Å²) in [5, 5.41) is 5.70. The maximum Gasteiger partial charge on any atom is 0.390 e. The normalized spacial score (nSPS) is 13.4. The molecule has 0 spiro atoms. The van der Waals surface area contributed by atoms with Gasteiger partial charge in [-0.2, -0.15) is 13.2 Å². The summed E-state index contributed by atoms with van der Waals surface area (Å²) in [5.74, 6) is 0.417. The minimum Gasteiger partial charge on any atom is -0.356 e. The lowest BCUT2D eigenvalue weighted by molar-refractivity contribution is -0.132. The summed E-state index contributed by atoms with van der Waals surface area (Å²) in [4.78, 5) is 6.28. The lowest BCUT2D eigenvalue weighted by atomic mass is 10.2. The summed E-state index contributed by atoms with van der Waals surface area (Å²) in [6.07, 6.45) is -4.08. The Morgan fingerprint density at radius 1 is 1.05 bits per heavy atom. The van der Waals surface area contributed by atoms with Crippen LogP contribution in [0.3, 0.4) is 0 Å². The molecule has 0 aromatic heterocycles. The number of hydrogen-bond acceptors (Lipinski definition) is 2. The van der Waals surface area contributed by atoms with Crippen LogP contribution in [0.2, 0.25) is 0 Å². The molecule has 7 heteroatoms. The van der Waals surface area contributed by atoms with Gasteiger partial charge in [-0.3, -0.25) is 9.89 Å². The van der Waals surface area contributed by atoms with Crippen molar-refractivity contribution in [2.45, 2.75) is 58.8 Å². The standard InChI is InChI=1S/C14H29F3N4/c1-11(2)21(12(3)4)10-6-8-19-13(18-5)20-9-7-14(15,16)17/h11-12H,6-10H2,1-5H3,(H2,18,19,20). The molecule has 0 saturated heterocycles. The molecule has 0 unspecified atom stereocenters. The molecule has 0 aliphatic carbocycles. The zero-order chi connectivity index (χ0) is 16.5. The summed E-state index contributed by atoms with van der Waals surface area (Å²) in [6.45, 7) is 10.1. The zero-order valence-corrected chi connectivity index (χ0v) is 13.7. The number of nitrogens with zero attached hydrogens (tertiary/aromatic N) is 2. The van der Waals surface area contributed by atoms with Crippen LogP contribution in [-0.2, 0) is 0 Å². The highest BCUT2D eigenvalue weighted by Crippen LogP contribution is 2.17. The molecule has 2 N–H and O–H groups in total. The number of hydrogen-bond donors (Lipinski definition) is 2. The van der Waals surface area contributed by atoms with E-state index < -0.39 is 12.6 Å². The second kappa shape index (κ2) is 9.87. The minimum atomic E-state index is -4.14. The molecule has 0 rings (SSSR count). The molecule has 0 fully saturated rings. The monoisotopic (exact) mass is 310 g/mol. The van der Waals surface area contributed by atoms with E-state index >= 15 is 0 Å². The molecule has 0 aromatic carbocycles. The summed E-state index contributed by atoms with van der Waals surface area (Å²) in [6, 6.07) is 0.962. The number of nitrogens with one attached hydrogen (secondary N) is 2. The molecule has 126 valence electrons. The van der Waals surface area contributed by atoms with E-state index in [0.717, 1.165) is 13.0 Å². The Labute approximate surface area is 126 Å². The molecular weight excluding hydrogens is 281 g/mol. The van der Waals surface area contributed by atoms with Gasteiger partial charge >= 0.3 is 6.18 Å². The number of guanidine groups is 1. The summed E-state index contributed by atoms with van der Waals surface area (Å²) in [7, 11) is 1.55. The van der Waals surface area contributed by atoms with Gasteiger partial charge in [-0.25, -0.2) is 0 Å². The highest BCUT2D eigenvalue weighted by Gasteiger charge is 2.26. The summed E-state index contributed by atoms with van der Waals surface area (Å²) >= 11 is 0. The summed E-state index contributed by atoms with van der Waals surface area (Å²) < 4.78 is 36.2.